The first-order valence-corrected chi connectivity index (χ1v) is 13.4. The highest BCUT2D eigenvalue weighted by Crippen LogP contribution is 2.45. The minimum atomic E-state index is -0.981. The average molecular weight is 513 g/mol. The van der Waals surface area contributed by atoms with Gasteiger partial charge in [-0.2, -0.15) is 0 Å². The predicted molar refractivity (Wildman–Crippen MR) is 137 cm³/mol. The Balaban J connectivity index is 0.00000102. The number of nitrogens with zero attached hydrogens (tertiary/aromatic N) is 2. The lowest BCUT2D eigenvalue weighted by molar-refractivity contribution is -0.143. The van der Waals surface area contributed by atoms with E-state index < -0.39 is 17.8 Å². The summed E-state index contributed by atoms with van der Waals surface area (Å²) in [4.78, 5) is 27.3. The molecule has 37 heavy (non-hydrogen) atoms. The topological polar surface area (TPSA) is 100.0 Å². The molecule has 1 aromatic heterocycles. The van der Waals surface area contributed by atoms with E-state index >= 15 is 0 Å². The van der Waals surface area contributed by atoms with Crippen molar-refractivity contribution in [3.8, 4) is 0 Å². The molecule has 0 radical (unpaired) electrons. The number of carboxylic acid groups (broad SMARTS) is 2. The van der Waals surface area contributed by atoms with E-state index in [1.165, 1.54) is 35.9 Å². The van der Waals surface area contributed by atoms with Gasteiger partial charge in [0.25, 0.3) is 6.47 Å². The van der Waals surface area contributed by atoms with E-state index in [9.17, 15) is 14.3 Å². The number of hydrogen-bond donors (Lipinski definition) is 2. The van der Waals surface area contributed by atoms with Crippen LogP contribution in [0.5, 0.6) is 0 Å². The molecule has 2 N–H and O–H groups in total. The van der Waals surface area contributed by atoms with Gasteiger partial charge in [-0.3, -0.25) is 19.5 Å². The summed E-state index contributed by atoms with van der Waals surface area (Å²) in [6.07, 6.45) is 10.5. The second kappa shape index (κ2) is 13.1. The van der Waals surface area contributed by atoms with Gasteiger partial charge in [0.15, 0.2) is 0 Å². The zero-order valence-electron chi connectivity index (χ0n) is 21.3. The Morgan fingerprint density at radius 2 is 1.95 bits per heavy atom. The van der Waals surface area contributed by atoms with Crippen LogP contribution >= 0.6 is 0 Å². The normalized spacial score (nSPS) is 20.0. The van der Waals surface area contributed by atoms with Gasteiger partial charge in [0.1, 0.15) is 11.9 Å². The number of ether oxygens (including phenoxy) is 1. The fraction of sp³-hybridized carbons (Fsp3) is 0.552. The van der Waals surface area contributed by atoms with E-state index in [2.05, 4.69) is 12.1 Å². The summed E-state index contributed by atoms with van der Waals surface area (Å²) in [5, 5.41) is 16.9. The number of unbranched alkanes of at least 4 members (excludes halogenated alkanes) is 1. The number of benzene rings is 1. The summed E-state index contributed by atoms with van der Waals surface area (Å²) in [6, 6.07) is 8.46. The van der Waals surface area contributed by atoms with Crippen molar-refractivity contribution in [1.82, 2.24) is 9.88 Å². The molecule has 2 atom stereocenters. The zero-order valence-corrected chi connectivity index (χ0v) is 21.3. The van der Waals surface area contributed by atoms with Gasteiger partial charge in [-0.05, 0) is 93.4 Å². The van der Waals surface area contributed by atoms with Gasteiger partial charge in [0.05, 0.1) is 6.10 Å². The van der Waals surface area contributed by atoms with Crippen LogP contribution in [-0.2, 0) is 33.6 Å². The molecule has 3 aliphatic rings. The van der Waals surface area contributed by atoms with Crippen molar-refractivity contribution in [3.63, 3.8) is 0 Å². The summed E-state index contributed by atoms with van der Waals surface area (Å²) in [6.45, 7) is 1.55. The third-order valence-electron chi connectivity index (χ3n) is 7.57. The molecule has 1 aliphatic heterocycles. The third-order valence-corrected chi connectivity index (χ3v) is 7.57. The van der Waals surface area contributed by atoms with Gasteiger partial charge >= 0.3 is 5.97 Å². The van der Waals surface area contributed by atoms with E-state index in [0.29, 0.717) is 31.2 Å². The Bertz CT molecular complexity index is 1070. The van der Waals surface area contributed by atoms with Gasteiger partial charge in [0, 0.05) is 36.6 Å². The highest BCUT2D eigenvalue weighted by Gasteiger charge is 2.39. The number of rotatable bonds is 10. The highest BCUT2D eigenvalue weighted by atomic mass is 19.1. The van der Waals surface area contributed by atoms with Crippen LogP contribution in [0.4, 0.5) is 4.39 Å². The fourth-order valence-electron chi connectivity index (χ4n) is 5.60. The molecule has 1 unspecified atom stereocenters. The number of carboxylic acids is 1. The molecule has 5 rings (SSSR count). The van der Waals surface area contributed by atoms with Crippen molar-refractivity contribution in [3.05, 3.63) is 64.2 Å². The Hall–Kier alpha value is -2.84. The summed E-state index contributed by atoms with van der Waals surface area (Å²) < 4.78 is 20.9. The molecule has 0 bridgehead atoms. The molecule has 1 aromatic carbocycles. The quantitative estimate of drug-likeness (QED) is 0.344. The number of hydrogen-bond acceptors (Lipinski definition) is 5. The largest absolute Gasteiger partial charge is 0.483 e. The molecule has 2 aliphatic carbocycles. The number of carbonyl (C=O) groups is 2. The van der Waals surface area contributed by atoms with Crippen LogP contribution in [0.25, 0.3) is 0 Å². The smallest absolute Gasteiger partial charge is 0.325 e. The van der Waals surface area contributed by atoms with Crippen LogP contribution in [0, 0.1) is 5.82 Å². The number of pyridine rings is 1. The summed E-state index contributed by atoms with van der Waals surface area (Å²) in [5.74, 6) is -1.09. The van der Waals surface area contributed by atoms with Gasteiger partial charge in [-0.1, -0.05) is 18.2 Å². The lowest BCUT2D eigenvalue weighted by Crippen LogP contribution is -2.34. The third kappa shape index (κ3) is 7.14. The van der Waals surface area contributed by atoms with Crippen molar-refractivity contribution in [2.45, 2.75) is 82.3 Å². The molecule has 0 spiro atoms. The Morgan fingerprint density at radius 1 is 1.16 bits per heavy atom. The maximum absolute atomic E-state index is 14.8. The highest BCUT2D eigenvalue weighted by molar-refractivity contribution is 5.76. The molecule has 2 fully saturated rings. The summed E-state index contributed by atoms with van der Waals surface area (Å²) in [7, 11) is 0. The van der Waals surface area contributed by atoms with Crippen molar-refractivity contribution in [2.75, 3.05) is 19.7 Å². The van der Waals surface area contributed by atoms with Crippen LogP contribution in [-0.4, -0.2) is 58.3 Å². The lowest BCUT2D eigenvalue weighted by Gasteiger charge is -2.27. The van der Waals surface area contributed by atoms with Crippen molar-refractivity contribution in [2.24, 2.45) is 0 Å². The second-order valence-corrected chi connectivity index (χ2v) is 10.2. The van der Waals surface area contributed by atoms with E-state index in [-0.39, 0.29) is 12.6 Å². The molecule has 0 amide bonds. The molecular weight excluding hydrogens is 475 g/mol. The molecule has 7 nitrogen and oxygen atoms in total. The molecule has 1 saturated carbocycles. The second-order valence-electron chi connectivity index (χ2n) is 10.2. The molecule has 200 valence electrons. The van der Waals surface area contributed by atoms with Crippen LogP contribution in [0.15, 0.2) is 30.3 Å². The van der Waals surface area contributed by atoms with Gasteiger partial charge in [-0.15, -0.1) is 0 Å². The number of aryl methyl sites for hydroxylation is 3. The summed E-state index contributed by atoms with van der Waals surface area (Å²) >= 11 is 0. The minimum Gasteiger partial charge on any atom is -0.483 e. The van der Waals surface area contributed by atoms with Crippen molar-refractivity contribution < 1.29 is 28.9 Å². The van der Waals surface area contributed by atoms with Crippen LogP contribution in [0.3, 0.4) is 0 Å². The molecule has 1 saturated heterocycles. The van der Waals surface area contributed by atoms with E-state index in [4.69, 9.17) is 19.6 Å². The SMILES string of the molecule is O=C(O)C(c1c(F)cccc1C1CC1)N1CC[C@@H](OCCCCc2ccc3c(n2)CCCC3)C1.O=CO. The number of halogens is 1. The van der Waals surface area contributed by atoms with Gasteiger partial charge < -0.3 is 14.9 Å². The monoisotopic (exact) mass is 512 g/mol. The first-order valence-electron chi connectivity index (χ1n) is 13.4. The molecule has 2 heterocycles. The molecule has 2 aromatic rings. The standard InChI is InChI=1S/C28H35FN2O3.CH2O2/c29-24-9-5-8-23(19-11-12-19)26(24)27(28(32)33)31-16-15-22(18-31)34-17-4-3-7-21-14-13-20-6-1-2-10-25(20)30-21;2-1-3/h5,8-9,13-14,19,22,27H,1-4,6-7,10-12,15-18H2,(H,32,33);1H,(H,2,3)/t22-,27?;/m1./s1. The number of aliphatic carboxylic acids is 1. The van der Waals surface area contributed by atoms with Gasteiger partial charge in [-0.25, -0.2) is 4.39 Å². The number of fused-ring (bicyclic) bond motifs is 1. The number of likely N-dealkylation sites (tertiary alicyclic amines) is 1. The van der Waals surface area contributed by atoms with E-state index in [1.54, 1.807) is 6.07 Å². The summed E-state index contributed by atoms with van der Waals surface area (Å²) in [5.41, 5.74) is 5.11. The minimum absolute atomic E-state index is 0.000122. The van der Waals surface area contributed by atoms with Gasteiger partial charge in [0.2, 0.25) is 0 Å². The van der Waals surface area contributed by atoms with E-state index in [1.807, 2.05) is 11.0 Å². The Labute approximate surface area is 217 Å². The molecule has 8 heteroatoms. The first kappa shape index (κ1) is 27.2. The van der Waals surface area contributed by atoms with Crippen LogP contribution in [0.2, 0.25) is 0 Å². The van der Waals surface area contributed by atoms with Crippen molar-refractivity contribution >= 4 is 12.4 Å². The Morgan fingerprint density at radius 3 is 2.70 bits per heavy atom. The van der Waals surface area contributed by atoms with Crippen LogP contribution in [0.1, 0.15) is 85.0 Å². The Kier molecular flexibility index (Phi) is 9.63. The maximum atomic E-state index is 14.8. The first-order chi connectivity index (χ1) is 18.0. The molecular formula is C29H37FN2O5. The predicted octanol–water partition coefficient (Wildman–Crippen LogP) is 4.92. The number of aromatic nitrogens is 1. The van der Waals surface area contributed by atoms with Crippen molar-refractivity contribution in [1.29, 1.82) is 0 Å². The zero-order chi connectivity index (χ0) is 26.2. The fourth-order valence-corrected chi connectivity index (χ4v) is 5.60. The maximum Gasteiger partial charge on any atom is 0.325 e. The van der Waals surface area contributed by atoms with E-state index in [0.717, 1.165) is 56.9 Å². The van der Waals surface area contributed by atoms with Crippen LogP contribution < -0.4 is 0 Å². The lowest BCUT2D eigenvalue weighted by atomic mass is 9.95. The average Bonchev–Trinajstić information content (AvgIpc) is 3.64.